The minimum absolute atomic E-state index is 0.0476. The molecule has 10 heavy (non-hydrogen) atoms. The molecule has 0 radical (unpaired) electrons. The van der Waals surface area contributed by atoms with Gasteiger partial charge in [0.15, 0.2) is 0 Å². The second-order valence-electron chi connectivity index (χ2n) is 2.08. The summed E-state index contributed by atoms with van der Waals surface area (Å²) in [4.78, 5) is 10.1. The maximum atomic E-state index is 10.1. The van der Waals surface area contributed by atoms with Crippen molar-refractivity contribution in [3.8, 4) is 12.3 Å². The summed E-state index contributed by atoms with van der Waals surface area (Å²) < 4.78 is 0. The first-order valence-corrected chi connectivity index (χ1v) is 3.05. The Morgan fingerprint density at radius 1 is 1.90 bits per heavy atom. The van der Waals surface area contributed by atoms with Crippen LogP contribution in [0.25, 0.3) is 0 Å². The molecule has 0 aromatic heterocycles. The minimum Gasteiger partial charge on any atom is -0.481 e. The van der Waals surface area contributed by atoms with Crippen LogP contribution in [-0.2, 0) is 4.79 Å². The summed E-state index contributed by atoms with van der Waals surface area (Å²) in [5.74, 6) is 1.56. The predicted octanol–water partition coefficient (Wildman–Crippen LogP) is 0.0724. The first kappa shape index (κ1) is 8.99. The Morgan fingerprint density at radius 2 is 2.50 bits per heavy atom. The molecular formula is C7H11NO2. The Balaban J connectivity index is 3.36. The molecule has 3 heteroatoms. The highest BCUT2D eigenvalue weighted by Gasteiger charge is 2.04. The zero-order valence-corrected chi connectivity index (χ0v) is 5.92. The Hall–Kier alpha value is -1.01. The van der Waals surface area contributed by atoms with E-state index in [9.17, 15) is 4.79 Å². The molecule has 0 bridgehead atoms. The molecule has 56 valence electrons. The molecule has 2 N–H and O–H groups in total. The first-order valence-electron chi connectivity index (χ1n) is 3.05. The van der Waals surface area contributed by atoms with E-state index in [2.05, 4.69) is 11.2 Å². The quantitative estimate of drug-likeness (QED) is 0.545. The maximum Gasteiger partial charge on any atom is 0.304 e. The summed E-state index contributed by atoms with van der Waals surface area (Å²) in [5.41, 5.74) is 0. The summed E-state index contributed by atoms with van der Waals surface area (Å²) in [6.07, 6.45) is 5.06. The second kappa shape index (κ2) is 4.83. The van der Waals surface area contributed by atoms with E-state index in [1.54, 1.807) is 6.92 Å². The Kier molecular flexibility index (Phi) is 4.34. The molecule has 0 aliphatic rings. The number of carboxylic acids is 1. The normalized spacial score (nSPS) is 12.0. The van der Waals surface area contributed by atoms with Crippen LogP contribution in [-0.4, -0.2) is 23.7 Å². The van der Waals surface area contributed by atoms with Crippen molar-refractivity contribution in [3.63, 3.8) is 0 Å². The topological polar surface area (TPSA) is 49.3 Å². The van der Waals surface area contributed by atoms with Gasteiger partial charge in [-0.05, 0) is 6.92 Å². The maximum absolute atomic E-state index is 10.1. The van der Waals surface area contributed by atoms with Crippen molar-refractivity contribution in [3.05, 3.63) is 0 Å². The zero-order valence-electron chi connectivity index (χ0n) is 5.92. The Morgan fingerprint density at radius 3 is 2.90 bits per heavy atom. The second-order valence-corrected chi connectivity index (χ2v) is 2.08. The van der Waals surface area contributed by atoms with Gasteiger partial charge in [0.2, 0.25) is 0 Å². The van der Waals surface area contributed by atoms with Gasteiger partial charge in [0.25, 0.3) is 0 Å². The molecule has 0 aliphatic heterocycles. The van der Waals surface area contributed by atoms with Crippen molar-refractivity contribution in [2.45, 2.75) is 19.4 Å². The van der Waals surface area contributed by atoms with Crippen molar-refractivity contribution < 1.29 is 9.90 Å². The fourth-order valence-corrected chi connectivity index (χ4v) is 0.567. The van der Waals surface area contributed by atoms with Crippen LogP contribution < -0.4 is 5.32 Å². The summed E-state index contributed by atoms with van der Waals surface area (Å²) >= 11 is 0. The van der Waals surface area contributed by atoms with Gasteiger partial charge >= 0.3 is 5.97 Å². The monoisotopic (exact) mass is 141 g/mol. The van der Waals surface area contributed by atoms with Crippen LogP contribution in [0.5, 0.6) is 0 Å². The summed E-state index contributed by atoms with van der Waals surface area (Å²) in [5, 5.41) is 11.1. The summed E-state index contributed by atoms with van der Waals surface area (Å²) in [6, 6.07) is -0.0476. The number of carboxylic acid groups (broad SMARTS) is 1. The minimum atomic E-state index is -0.808. The highest BCUT2D eigenvalue weighted by atomic mass is 16.4. The Bertz CT molecular complexity index is 148. The largest absolute Gasteiger partial charge is 0.481 e. The van der Waals surface area contributed by atoms with E-state index in [0.717, 1.165) is 0 Å². The van der Waals surface area contributed by atoms with Crippen LogP contribution in [0.3, 0.4) is 0 Å². The predicted molar refractivity (Wildman–Crippen MR) is 38.6 cm³/mol. The van der Waals surface area contributed by atoms with E-state index in [4.69, 9.17) is 11.5 Å². The van der Waals surface area contributed by atoms with Gasteiger partial charge in [-0.1, -0.05) is 5.92 Å². The van der Waals surface area contributed by atoms with Crippen LogP contribution in [0.2, 0.25) is 0 Å². The number of aliphatic carboxylic acids is 1. The third-order valence-corrected chi connectivity index (χ3v) is 1.03. The van der Waals surface area contributed by atoms with Crippen molar-refractivity contribution in [2.75, 3.05) is 6.54 Å². The highest BCUT2D eigenvalue weighted by Crippen LogP contribution is 1.87. The number of rotatable bonds is 4. The molecule has 0 fully saturated rings. The molecule has 0 aliphatic carbocycles. The van der Waals surface area contributed by atoms with E-state index in [0.29, 0.717) is 6.54 Å². The van der Waals surface area contributed by atoms with Crippen LogP contribution in [0, 0.1) is 12.3 Å². The van der Waals surface area contributed by atoms with E-state index in [-0.39, 0.29) is 12.5 Å². The van der Waals surface area contributed by atoms with Crippen molar-refractivity contribution in [2.24, 2.45) is 0 Å². The van der Waals surface area contributed by atoms with Gasteiger partial charge in [-0.3, -0.25) is 4.79 Å². The molecule has 0 aromatic rings. The fourth-order valence-electron chi connectivity index (χ4n) is 0.567. The number of nitrogens with one attached hydrogen (secondary N) is 1. The number of carbonyl (C=O) groups is 1. The van der Waals surface area contributed by atoms with Crippen LogP contribution in [0.1, 0.15) is 13.3 Å². The standard InChI is InChI=1S/C7H11NO2/c1-3-4-8-6(2)5-7(9)10/h1,6,8H,4-5H2,2H3,(H,9,10). The van der Waals surface area contributed by atoms with Gasteiger partial charge < -0.3 is 10.4 Å². The summed E-state index contributed by atoms with van der Waals surface area (Å²) in [6.45, 7) is 2.21. The number of hydrogen-bond acceptors (Lipinski definition) is 2. The first-order chi connectivity index (χ1) is 4.66. The third-order valence-electron chi connectivity index (χ3n) is 1.03. The molecule has 0 rings (SSSR count). The van der Waals surface area contributed by atoms with Gasteiger partial charge in [0, 0.05) is 6.04 Å². The molecule has 1 atom stereocenters. The molecule has 1 unspecified atom stereocenters. The lowest BCUT2D eigenvalue weighted by Crippen LogP contribution is -2.28. The molecule has 0 saturated heterocycles. The van der Waals surface area contributed by atoms with Crippen LogP contribution in [0.15, 0.2) is 0 Å². The fraction of sp³-hybridized carbons (Fsp3) is 0.571. The molecule has 0 amide bonds. The molecule has 3 nitrogen and oxygen atoms in total. The van der Waals surface area contributed by atoms with Crippen LogP contribution >= 0.6 is 0 Å². The Labute approximate surface area is 60.4 Å². The van der Waals surface area contributed by atoms with Crippen molar-refractivity contribution >= 4 is 5.97 Å². The molecular weight excluding hydrogens is 130 g/mol. The van der Waals surface area contributed by atoms with Gasteiger partial charge in [0.1, 0.15) is 0 Å². The average molecular weight is 141 g/mol. The molecule has 0 spiro atoms. The average Bonchev–Trinajstić information content (AvgIpc) is 1.82. The van der Waals surface area contributed by atoms with E-state index in [1.165, 1.54) is 0 Å². The number of terminal acetylenes is 1. The van der Waals surface area contributed by atoms with E-state index < -0.39 is 5.97 Å². The smallest absolute Gasteiger partial charge is 0.304 e. The SMILES string of the molecule is C#CCNC(C)CC(=O)O. The van der Waals surface area contributed by atoms with Crippen LogP contribution in [0.4, 0.5) is 0 Å². The van der Waals surface area contributed by atoms with E-state index >= 15 is 0 Å². The molecule has 0 heterocycles. The lowest BCUT2D eigenvalue weighted by molar-refractivity contribution is -0.137. The van der Waals surface area contributed by atoms with Crippen molar-refractivity contribution in [1.82, 2.24) is 5.32 Å². The third kappa shape index (κ3) is 5.13. The van der Waals surface area contributed by atoms with Gasteiger partial charge in [-0.2, -0.15) is 0 Å². The molecule has 0 saturated carbocycles. The number of hydrogen-bond donors (Lipinski definition) is 2. The van der Waals surface area contributed by atoms with Gasteiger partial charge in [0.05, 0.1) is 13.0 Å². The van der Waals surface area contributed by atoms with Gasteiger partial charge in [-0.25, -0.2) is 0 Å². The summed E-state index contributed by atoms with van der Waals surface area (Å²) in [7, 11) is 0. The van der Waals surface area contributed by atoms with E-state index in [1.807, 2.05) is 0 Å². The zero-order chi connectivity index (χ0) is 7.98. The lowest BCUT2D eigenvalue weighted by atomic mass is 10.2. The lowest BCUT2D eigenvalue weighted by Gasteiger charge is -2.06. The molecule has 0 aromatic carbocycles. The van der Waals surface area contributed by atoms with Crippen molar-refractivity contribution in [1.29, 1.82) is 0 Å². The highest BCUT2D eigenvalue weighted by molar-refractivity contribution is 5.67. The van der Waals surface area contributed by atoms with Gasteiger partial charge in [-0.15, -0.1) is 6.42 Å².